The second kappa shape index (κ2) is 6.90. The first-order chi connectivity index (χ1) is 12.8. The van der Waals surface area contributed by atoms with Gasteiger partial charge in [-0.15, -0.1) is 0 Å². The van der Waals surface area contributed by atoms with Crippen LogP contribution in [0.15, 0.2) is 45.9 Å². The molecule has 3 rings (SSSR count). The van der Waals surface area contributed by atoms with Crippen molar-refractivity contribution in [3.63, 3.8) is 0 Å². The topological polar surface area (TPSA) is 116 Å². The van der Waals surface area contributed by atoms with Gasteiger partial charge in [0, 0.05) is 0 Å². The number of carbonyl (C=O) groups excluding carboxylic acids is 1. The number of nitro groups is 1. The largest absolute Gasteiger partial charge is 0.449 e. The first kappa shape index (κ1) is 18.1. The van der Waals surface area contributed by atoms with Crippen LogP contribution in [0.3, 0.4) is 0 Å². The lowest BCUT2D eigenvalue weighted by atomic mass is 10.3. The molecule has 0 aliphatic heterocycles. The maximum Gasteiger partial charge on any atom is 0.449 e. The summed E-state index contributed by atoms with van der Waals surface area (Å²) in [6.07, 6.45) is -3.75. The monoisotopic (exact) mass is 381 g/mol. The fourth-order valence-corrected chi connectivity index (χ4v) is 2.31. The van der Waals surface area contributed by atoms with E-state index in [0.29, 0.717) is 0 Å². The van der Waals surface area contributed by atoms with Crippen LogP contribution in [0.25, 0.3) is 11.0 Å². The van der Waals surface area contributed by atoms with Gasteiger partial charge in [-0.2, -0.15) is 18.3 Å². The second-order valence-corrected chi connectivity index (χ2v) is 5.23. The first-order valence-corrected chi connectivity index (χ1v) is 7.34. The molecule has 9 nitrogen and oxygen atoms in total. The van der Waals surface area contributed by atoms with Crippen LogP contribution in [0.2, 0.25) is 0 Å². The number of hydrazone groups is 1. The standard InChI is InChI=1S/C15H10F3N5O4/c16-15(17,18)14-20-10-3-1-2-4-11(10)22(14)8-12(24)21-19-7-9-5-6-13(27-9)23(25)26/h1-7H,8H2,(H,21,24). The van der Waals surface area contributed by atoms with Crippen LogP contribution in [0.4, 0.5) is 19.1 Å². The van der Waals surface area contributed by atoms with Crippen LogP contribution in [-0.4, -0.2) is 26.6 Å². The molecule has 140 valence electrons. The Morgan fingerprint density at radius 2 is 2.07 bits per heavy atom. The van der Waals surface area contributed by atoms with E-state index in [-0.39, 0.29) is 16.8 Å². The molecular formula is C15H10F3N5O4. The molecule has 1 amide bonds. The highest BCUT2D eigenvalue weighted by molar-refractivity contribution is 5.83. The number of halogens is 3. The zero-order valence-corrected chi connectivity index (χ0v) is 13.3. The van der Waals surface area contributed by atoms with E-state index in [2.05, 4.69) is 10.1 Å². The fraction of sp³-hybridized carbons (Fsp3) is 0.133. The molecule has 2 heterocycles. The Balaban J connectivity index is 1.75. The van der Waals surface area contributed by atoms with Gasteiger partial charge >= 0.3 is 12.1 Å². The number of imidazole rings is 1. The third kappa shape index (κ3) is 3.94. The van der Waals surface area contributed by atoms with Crippen LogP contribution < -0.4 is 5.43 Å². The zero-order valence-electron chi connectivity index (χ0n) is 13.3. The molecule has 0 saturated heterocycles. The van der Waals surface area contributed by atoms with Crippen molar-refractivity contribution in [3.8, 4) is 0 Å². The number of para-hydroxylation sites is 2. The minimum Gasteiger partial charge on any atom is -0.400 e. The molecule has 0 atom stereocenters. The van der Waals surface area contributed by atoms with Crippen LogP contribution in [0.5, 0.6) is 0 Å². The third-order valence-corrected chi connectivity index (χ3v) is 3.38. The molecule has 1 N–H and O–H groups in total. The van der Waals surface area contributed by atoms with Crippen molar-refractivity contribution < 1.29 is 27.3 Å². The second-order valence-electron chi connectivity index (χ2n) is 5.23. The lowest BCUT2D eigenvalue weighted by Gasteiger charge is -2.10. The van der Waals surface area contributed by atoms with Crippen LogP contribution >= 0.6 is 0 Å². The Morgan fingerprint density at radius 3 is 2.74 bits per heavy atom. The molecule has 3 aromatic rings. The van der Waals surface area contributed by atoms with Crippen molar-refractivity contribution in [2.75, 3.05) is 0 Å². The number of furan rings is 1. The summed E-state index contributed by atoms with van der Waals surface area (Å²) in [5.41, 5.74) is 2.28. The molecule has 0 bridgehead atoms. The number of benzene rings is 1. The number of nitrogens with one attached hydrogen (secondary N) is 1. The number of nitrogens with zero attached hydrogens (tertiary/aromatic N) is 4. The number of aromatic nitrogens is 2. The number of alkyl halides is 3. The Kier molecular flexibility index (Phi) is 4.62. The minimum atomic E-state index is -4.74. The van der Waals surface area contributed by atoms with E-state index in [4.69, 9.17) is 4.42 Å². The number of amides is 1. The van der Waals surface area contributed by atoms with Crippen molar-refractivity contribution in [1.29, 1.82) is 0 Å². The summed E-state index contributed by atoms with van der Waals surface area (Å²) in [5.74, 6) is -2.57. The molecule has 0 unspecified atom stereocenters. The Morgan fingerprint density at radius 1 is 1.33 bits per heavy atom. The van der Waals surface area contributed by atoms with Gasteiger partial charge in [0.2, 0.25) is 5.82 Å². The smallest absolute Gasteiger partial charge is 0.400 e. The van der Waals surface area contributed by atoms with E-state index in [9.17, 15) is 28.1 Å². The maximum absolute atomic E-state index is 13.2. The zero-order chi connectivity index (χ0) is 19.6. The van der Waals surface area contributed by atoms with Crippen LogP contribution in [0, 0.1) is 10.1 Å². The van der Waals surface area contributed by atoms with Gasteiger partial charge in [0.25, 0.3) is 5.91 Å². The van der Waals surface area contributed by atoms with E-state index in [1.54, 1.807) is 0 Å². The molecule has 27 heavy (non-hydrogen) atoms. The van der Waals surface area contributed by atoms with Crippen molar-refractivity contribution in [1.82, 2.24) is 15.0 Å². The van der Waals surface area contributed by atoms with Crippen molar-refractivity contribution in [2.24, 2.45) is 5.10 Å². The maximum atomic E-state index is 13.2. The quantitative estimate of drug-likeness (QED) is 0.414. The number of fused-ring (bicyclic) bond motifs is 1. The highest BCUT2D eigenvalue weighted by atomic mass is 19.4. The predicted molar refractivity (Wildman–Crippen MR) is 85.8 cm³/mol. The normalized spacial score (nSPS) is 12.0. The average Bonchev–Trinajstić information content (AvgIpc) is 3.20. The van der Waals surface area contributed by atoms with Gasteiger partial charge in [0.15, 0.2) is 5.76 Å². The molecule has 0 aliphatic rings. The number of carbonyl (C=O) groups is 1. The molecule has 0 fully saturated rings. The Bertz CT molecular complexity index is 1040. The fourth-order valence-electron chi connectivity index (χ4n) is 2.31. The van der Waals surface area contributed by atoms with E-state index in [0.717, 1.165) is 16.8 Å². The first-order valence-electron chi connectivity index (χ1n) is 7.34. The summed E-state index contributed by atoms with van der Waals surface area (Å²) in [5, 5.41) is 14.0. The van der Waals surface area contributed by atoms with Gasteiger partial charge in [0.1, 0.15) is 11.5 Å². The highest BCUT2D eigenvalue weighted by Crippen LogP contribution is 2.31. The molecule has 0 aliphatic carbocycles. The van der Waals surface area contributed by atoms with Gasteiger partial charge in [-0.3, -0.25) is 14.9 Å². The van der Waals surface area contributed by atoms with Crippen LogP contribution in [0.1, 0.15) is 11.6 Å². The number of rotatable bonds is 5. The average molecular weight is 381 g/mol. The van der Waals surface area contributed by atoms with Crippen molar-refractivity contribution >= 4 is 29.0 Å². The number of hydrogen-bond donors (Lipinski definition) is 1. The lowest BCUT2D eigenvalue weighted by Crippen LogP contribution is -2.26. The molecule has 2 aromatic heterocycles. The van der Waals surface area contributed by atoms with Gasteiger partial charge < -0.3 is 8.98 Å². The van der Waals surface area contributed by atoms with Gasteiger partial charge in [0.05, 0.1) is 23.3 Å². The Hall–Kier alpha value is -3.70. The van der Waals surface area contributed by atoms with Gasteiger partial charge in [-0.25, -0.2) is 10.4 Å². The Labute approximate surface area is 148 Å². The summed E-state index contributed by atoms with van der Waals surface area (Å²) >= 11 is 0. The minimum absolute atomic E-state index is 0.00828. The van der Waals surface area contributed by atoms with Crippen molar-refractivity contribution in [2.45, 2.75) is 12.7 Å². The molecule has 0 spiro atoms. The van der Waals surface area contributed by atoms with E-state index in [1.807, 2.05) is 5.43 Å². The third-order valence-electron chi connectivity index (χ3n) is 3.38. The molecule has 1 aromatic carbocycles. The summed E-state index contributed by atoms with van der Waals surface area (Å²) in [6.45, 7) is -0.676. The van der Waals surface area contributed by atoms with E-state index >= 15 is 0 Å². The highest BCUT2D eigenvalue weighted by Gasteiger charge is 2.37. The molecule has 12 heteroatoms. The van der Waals surface area contributed by atoms with Crippen molar-refractivity contribution in [3.05, 3.63) is 58.1 Å². The summed E-state index contributed by atoms with van der Waals surface area (Å²) in [7, 11) is 0. The molecule has 0 radical (unpaired) electrons. The summed E-state index contributed by atoms with van der Waals surface area (Å²) < 4.78 is 45.0. The van der Waals surface area contributed by atoms with Crippen LogP contribution in [-0.2, 0) is 17.5 Å². The summed E-state index contributed by atoms with van der Waals surface area (Å²) in [4.78, 5) is 25.2. The van der Waals surface area contributed by atoms with Gasteiger partial charge in [-0.1, -0.05) is 12.1 Å². The van der Waals surface area contributed by atoms with Gasteiger partial charge in [-0.05, 0) is 18.2 Å². The molecule has 0 saturated carbocycles. The van der Waals surface area contributed by atoms with E-state index < -0.39 is 35.3 Å². The SMILES string of the molecule is O=C(Cn1c(C(F)(F)F)nc2ccccc21)NN=Cc1ccc([N+](=O)[O-])o1. The predicted octanol–water partition coefficient (Wildman–Crippen LogP) is 2.71. The molecular weight excluding hydrogens is 371 g/mol. The lowest BCUT2D eigenvalue weighted by molar-refractivity contribution is -0.402. The summed E-state index contributed by atoms with van der Waals surface area (Å²) in [6, 6.07) is 8.22. The number of hydrogen-bond acceptors (Lipinski definition) is 6. The van der Waals surface area contributed by atoms with E-state index in [1.165, 1.54) is 30.3 Å².